The predicted octanol–water partition coefficient (Wildman–Crippen LogP) is 5.41. The van der Waals surface area contributed by atoms with Crippen LogP contribution in [0.3, 0.4) is 0 Å². The lowest BCUT2D eigenvalue weighted by Gasteiger charge is -2.44. The largest absolute Gasteiger partial charge is 0.463 e. The van der Waals surface area contributed by atoms with Crippen molar-refractivity contribution in [2.24, 2.45) is 5.92 Å². The SMILES string of the molecule is CC(=O)OC[C@H]1O[C@@H](CC(=S)Nc2cccc(C3O[C@H](CSc4ccccn4)[C@H](C)[C@H](c4ccc(CO)cc4)O3)c2)[C@H](OC(C)=O)[C@@H](OC(C)=O)[C@@H]1OC(C)=O. The lowest BCUT2D eigenvalue weighted by atomic mass is 9.91. The highest BCUT2D eigenvalue weighted by atomic mass is 32.2. The quantitative estimate of drug-likeness (QED) is 0.0913. The van der Waals surface area contributed by atoms with Crippen LogP contribution in [-0.4, -0.2) is 87.9 Å². The van der Waals surface area contributed by atoms with Crippen LogP contribution < -0.4 is 5.32 Å². The van der Waals surface area contributed by atoms with Crippen LogP contribution in [0.1, 0.15) is 70.1 Å². The molecule has 9 atom stereocenters. The molecule has 2 N–H and O–H groups in total. The number of aromatic nitrogens is 1. The van der Waals surface area contributed by atoms with E-state index in [4.69, 9.17) is 45.4 Å². The fourth-order valence-electron chi connectivity index (χ4n) is 6.55. The molecule has 0 aliphatic carbocycles. The number of thioether (sulfide) groups is 1. The molecule has 1 unspecified atom stereocenters. The number of hydrogen-bond acceptors (Lipinski definition) is 15. The van der Waals surface area contributed by atoms with Gasteiger partial charge in [0.25, 0.3) is 0 Å². The van der Waals surface area contributed by atoms with Crippen LogP contribution in [0.15, 0.2) is 78.0 Å². The summed E-state index contributed by atoms with van der Waals surface area (Å²) in [5, 5.41) is 13.7. The maximum atomic E-state index is 12.3. The van der Waals surface area contributed by atoms with Crippen molar-refractivity contribution >= 4 is 58.5 Å². The molecule has 2 aromatic carbocycles. The third kappa shape index (κ3) is 11.8. The molecule has 5 rings (SSSR count). The highest BCUT2D eigenvalue weighted by molar-refractivity contribution is 7.99. The Morgan fingerprint density at radius 3 is 2.09 bits per heavy atom. The van der Waals surface area contributed by atoms with Crippen LogP contribution in [0, 0.1) is 5.92 Å². The van der Waals surface area contributed by atoms with Gasteiger partial charge in [0, 0.05) is 63.2 Å². The van der Waals surface area contributed by atoms with Crippen LogP contribution in [0.2, 0.25) is 0 Å². The van der Waals surface area contributed by atoms with Gasteiger partial charge in [-0.25, -0.2) is 4.98 Å². The number of nitrogens with one attached hydrogen (secondary N) is 1. The average molecular weight is 811 g/mol. The molecule has 2 fully saturated rings. The number of aliphatic hydroxyl groups excluding tert-OH is 1. The number of benzene rings is 2. The molecule has 0 amide bonds. The molecule has 0 radical (unpaired) electrons. The number of ether oxygens (including phenoxy) is 7. The van der Waals surface area contributed by atoms with Crippen LogP contribution in [-0.2, 0) is 58.9 Å². The van der Waals surface area contributed by atoms with Crippen molar-refractivity contribution in [1.82, 2.24) is 4.98 Å². The highest BCUT2D eigenvalue weighted by Crippen LogP contribution is 2.43. The number of hydrogen-bond donors (Lipinski definition) is 2. The minimum atomic E-state index is -1.30. The topological polar surface area (TPSA) is 178 Å². The van der Waals surface area contributed by atoms with Crippen molar-refractivity contribution in [1.29, 1.82) is 0 Å². The Labute approximate surface area is 334 Å². The standard InChI is InChI=1S/C40H46N2O12S2/c1-22-33(21-56-35-11-6-7-16-41-35)53-40(54-36(22)28-14-12-27(19-43)13-15-28)29-9-8-10-30(17-29)42-34(55)18-31-37(49-24(3)45)39(51-26(5)47)38(50-25(4)46)32(52-31)20-48-23(2)44/h6-17,22,31-33,36-40,43H,18-21H2,1-5H3,(H,42,55)/t22-,31-,32+,33+,36+,37-,38+,39+,40?/m0/s1. The lowest BCUT2D eigenvalue weighted by Crippen LogP contribution is -2.62. The zero-order valence-electron chi connectivity index (χ0n) is 31.7. The smallest absolute Gasteiger partial charge is 0.303 e. The summed E-state index contributed by atoms with van der Waals surface area (Å²) < 4.78 is 41.3. The van der Waals surface area contributed by atoms with Gasteiger partial charge >= 0.3 is 23.9 Å². The summed E-state index contributed by atoms with van der Waals surface area (Å²) >= 11 is 7.37. The van der Waals surface area contributed by atoms with Crippen LogP contribution in [0.5, 0.6) is 0 Å². The maximum absolute atomic E-state index is 12.3. The molecule has 14 nitrogen and oxygen atoms in total. The Balaban J connectivity index is 1.36. The molecule has 16 heteroatoms. The molecule has 0 spiro atoms. The number of nitrogens with zero attached hydrogens (tertiary/aromatic N) is 1. The van der Waals surface area contributed by atoms with Crippen LogP contribution in [0.25, 0.3) is 0 Å². The first kappa shape index (κ1) is 42.7. The second-order valence-corrected chi connectivity index (χ2v) is 14.9. The van der Waals surface area contributed by atoms with Gasteiger partial charge in [0.05, 0.1) is 28.8 Å². The van der Waals surface area contributed by atoms with E-state index in [0.29, 0.717) is 11.4 Å². The Bertz CT molecular complexity index is 1830. The number of thiocarbonyl (C=S) groups is 1. The van der Waals surface area contributed by atoms with Crippen molar-refractivity contribution in [3.8, 4) is 0 Å². The third-order valence-corrected chi connectivity index (χ3v) is 10.4. The van der Waals surface area contributed by atoms with Gasteiger partial charge in [-0.15, -0.1) is 11.8 Å². The van der Waals surface area contributed by atoms with E-state index in [9.17, 15) is 24.3 Å². The second kappa shape index (κ2) is 20.1. The first-order valence-corrected chi connectivity index (χ1v) is 19.4. The molecule has 3 heterocycles. The van der Waals surface area contributed by atoms with Crippen molar-refractivity contribution < 1.29 is 57.4 Å². The molecular formula is C40H46N2O12S2. The van der Waals surface area contributed by atoms with E-state index in [1.165, 1.54) is 13.8 Å². The number of rotatable bonds is 14. The van der Waals surface area contributed by atoms with E-state index < -0.39 is 60.7 Å². The van der Waals surface area contributed by atoms with Crippen LogP contribution >= 0.6 is 24.0 Å². The number of pyridine rings is 1. The van der Waals surface area contributed by atoms with E-state index in [1.807, 2.05) is 66.7 Å². The molecule has 2 aliphatic heterocycles. The van der Waals surface area contributed by atoms with Gasteiger partial charge in [-0.1, -0.05) is 61.6 Å². The van der Waals surface area contributed by atoms with E-state index >= 15 is 0 Å². The van der Waals surface area contributed by atoms with Crippen LogP contribution in [0.4, 0.5) is 5.69 Å². The summed E-state index contributed by atoms with van der Waals surface area (Å²) in [6.45, 7) is 6.40. The Kier molecular flexibility index (Phi) is 15.3. The summed E-state index contributed by atoms with van der Waals surface area (Å²) in [6.07, 6.45) is -5.49. The van der Waals surface area contributed by atoms with Crippen molar-refractivity contribution in [2.45, 2.75) is 102 Å². The van der Waals surface area contributed by atoms with Crippen molar-refractivity contribution in [3.63, 3.8) is 0 Å². The monoisotopic (exact) mass is 810 g/mol. The summed E-state index contributed by atoms with van der Waals surface area (Å²) in [4.78, 5) is 53.1. The van der Waals surface area contributed by atoms with Gasteiger partial charge in [-0.2, -0.15) is 0 Å². The number of carbonyl (C=O) groups excluding carboxylic acids is 4. The zero-order chi connectivity index (χ0) is 40.4. The molecule has 2 aliphatic rings. The molecule has 2 saturated heterocycles. The molecule has 0 bridgehead atoms. The Hall–Kier alpha value is -4.45. The lowest BCUT2D eigenvalue weighted by molar-refractivity contribution is -0.268. The number of anilines is 1. The van der Waals surface area contributed by atoms with E-state index in [0.717, 1.165) is 35.6 Å². The fourth-order valence-corrected chi connectivity index (χ4v) is 7.86. The minimum absolute atomic E-state index is 0.0297. The highest BCUT2D eigenvalue weighted by Gasteiger charge is 2.52. The van der Waals surface area contributed by atoms with Crippen molar-refractivity contribution in [2.75, 3.05) is 17.7 Å². The van der Waals surface area contributed by atoms with Gasteiger partial charge in [0.1, 0.15) is 18.8 Å². The van der Waals surface area contributed by atoms with Crippen molar-refractivity contribution in [3.05, 3.63) is 89.6 Å². The summed E-state index contributed by atoms with van der Waals surface area (Å²) in [7, 11) is 0. The van der Waals surface area contributed by atoms with Gasteiger partial charge < -0.3 is 43.6 Å². The van der Waals surface area contributed by atoms with Gasteiger partial charge in [-0.3, -0.25) is 19.2 Å². The zero-order valence-corrected chi connectivity index (χ0v) is 33.3. The van der Waals surface area contributed by atoms with E-state index in [1.54, 1.807) is 18.0 Å². The molecular weight excluding hydrogens is 765 g/mol. The summed E-state index contributed by atoms with van der Waals surface area (Å²) in [5.41, 5.74) is 3.08. The predicted molar refractivity (Wildman–Crippen MR) is 207 cm³/mol. The van der Waals surface area contributed by atoms with E-state index in [2.05, 4.69) is 17.2 Å². The Morgan fingerprint density at radius 2 is 1.46 bits per heavy atom. The van der Waals surface area contributed by atoms with E-state index in [-0.39, 0.29) is 42.7 Å². The molecule has 0 saturated carbocycles. The Morgan fingerprint density at radius 1 is 0.786 bits per heavy atom. The summed E-state index contributed by atoms with van der Waals surface area (Å²) in [5.74, 6) is -2.16. The minimum Gasteiger partial charge on any atom is -0.463 e. The van der Waals surface area contributed by atoms with Gasteiger partial charge in [0.15, 0.2) is 24.6 Å². The number of carbonyl (C=O) groups is 4. The molecule has 1 aromatic heterocycles. The summed E-state index contributed by atoms with van der Waals surface area (Å²) in [6, 6.07) is 20.8. The van der Waals surface area contributed by atoms with Gasteiger partial charge in [-0.05, 0) is 35.4 Å². The molecule has 300 valence electrons. The molecule has 3 aromatic rings. The van der Waals surface area contributed by atoms with Gasteiger partial charge in [0.2, 0.25) is 0 Å². The first-order valence-electron chi connectivity index (χ1n) is 18.1. The normalized spacial score (nSPS) is 26.0. The average Bonchev–Trinajstić information content (AvgIpc) is 3.16. The maximum Gasteiger partial charge on any atom is 0.303 e. The number of aliphatic hydroxyl groups is 1. The molecule has 56 heavy (non-hydrogen) atoms. The fraction of sp³-hybridized carbons (Fsp3) is 0.450. The second-order valence-electron chi connectivity index (χ2n) is 13.4. The number of esters is 4. The first-order chi connectivity index (χ1) is 26.8. The third-order valence-electron chi connectivity index (χ3n) is 9.07.